The Labute approximate surface area is 160 Å². The van der Waals surface area contributed by atoms with Gasteiger partial charge in [-0.05, 0) is 44.2 Å². The molecule has 0 saturated carbocycles. The highest BCUT2D eigenvalue weighted by molar-refractivity contribution is 7.99. The van der Waals surface area contributed by atoms with Crippen LogP contribution in [0.3, 0.4) is 0 Å². The van der Waals surface area contributed by atoms with Crippen LogP contribution in [0.2, 0.25) is 0 Å². The summed E-state index contributed by atoms with van der Waals surface area (Å²) >= 11 is 1.62. The van der Waals surface area contributed by atoms with E-state index in [9.17, 15) is 9.59 Å². The van der Waals surface area contributed by atoms with E-state index in [-0.39, 0.29) is 12.5 Å². The van der Waals surface area contributed by atoms with Gasteiger partial charge in [-0.15, -0.1) is 0 Å². The number of amides is 1. The Hall–Kier alpha value is -2.99. The number of hydrogen-bond acceptors (Lipinski definition) is 5. The lowest BCUT2D eigenvalue weighted by molar-refractivity contribution is -0.121. The van der Waals surface area contributed by atoms with Crippen molar-refractivity contribution in [3.63, 3.8) is 0 Å². The highest BCUT2D eigenvalue weighted by Gasteiger charge is 2.28. The normalized spacial score (nSPS) is 12.3. The SMILES string of the molecule is Cc1cc(C(=O)OCC(=O)N2c3ccccc3Sc3ccccc32)c(C)o1. The van der Waals surface area contributed by atoms with Crippen LogP contribution in [0.15, 0.2) is 68.8 Å². The Kier molecular flexibility index (Phi) is 4.49. The van der Waals surface area contributed by atoms with Crippen molar-refractivity contribution in [3.05, 3.63) is 71.7 Å². The molecule has 0 unspecified atom stereocenters. The molecule has 0 radical (unpaired) electrons. The van der Waals surface area contributed by atoms with Gasteiger partial charge in [-0.3, -0.25) is 9.69 Å². The van der Waals surface area contributed by atoms with Crippen molar-refractivity contribution in [2.45, 2.75) is 23.6 Å². The van der Waals surface area contributed by atoms with E-state index in [0.29, 0.717) is 17.1 Å². The van der Waals surface area contributed by atoms with E-state index in [1.165, 1.54) is 0 Å². The lowest BCUT2D eigenvalue weighted by atomic mass is 10.2. The first-order valence-corrected chi connectivity index (χ1v) is 9.29. The third-order valence-electron chi connectivity index (χ3n) is 4.27. The monoisotopic (exact) mass is 379 g/mol. The van der Waals surface area contributed by atoms with Crippen molar-refractivity contribution in [3.8, 4) is 0 Å². The van der Waals surface area contributed by atoms with E-state index in [0.717, 1.165) is 21.2 Å². The molecule has 2 aromatic carbocycles. The van der Waals surface area contributed by atoms with Crippen molar-refractivity contribution in [1.82, 2.24) is 0 Å². The number of esters is 1. The summed E-state index contributed by atoms with van der Waals surface area (Å²) in [6.07, 6.45) is 0. The largest absolute Gasteiger partial charge is 0.466 e. The number of benzene rings is 2. The Balaban J connectivity index is 1.59. The zero-order valence-corrected chi connectivity index (χ0v) is 15.7. The Morgan fingerprint density at radius 2 is 1.59 bits per heavy atom. The Morgan fingerprint density at radius 3 is 2.15 bits per heavy atom. The lowest BCUT2D eigenvalue weighted by Gasteiger charge is -2.30. The molecule has 0 spiro atoms. The lowest BCUT2D eigenvalue weighted by Crippen LogP contribution is -2.32. The minimum absolute atomic E-state index is 0.304. The quantitative estimate of drug-likeness (QED) is 0.607. The molecule has 0 saturated heterocycles. The van der Waals surface area contributed by atoms with E-state index in [1.807, 2.05) is 48.5 Å². The van der Waals surface area contributed by atoms with Gasteiger partial charge in [-0.1, -0.05) is 36.0 Å². The van der Waals surface area contributed by atoms with Gasteiger partial charge >= 0.3 is 5.97 Å². The van der Waals surface area contributed by atoms with Crippen LogP contribution in [0, 0.1) is 13.8 Å². The van der Waals surface area contributed by atoms with Crippen LogP contribution in [0.25, 0.3) is 0 Å². The summed E-state index contributed by atoms with van der Waals surface area (Å²) in [6.45, 7) is 3.10. The number of fused-ring (bicyclic) bond motifs is 2. The molecule has 0 atom stereocenters. The summed E-state index contributed by atoms with van der Waals surface area (Å²) in [5.74, 6) is 0.240. The Morgan fingerprint density at radius 1 is 1.00 bits per heavy atom. The second kappa shape index (κ2) is 6.96. The highest BCUT2D eigenvalue weighted by atomic mass is 32.2. The van der Waals surface area contributed by atoms with Crippen LogP contribution in [-0.4, -0.2) is 18.5 Å². The number of rotatable bonds is 3. The van der Waals surface area contributed by atoms with Gasteiger partial charge in [-0.25, -0.2) is 4.79 Å². The maximum absolute atomic E-state index is 13.0. The topological polar surface area (TPSA) is 59.8 Å². The predicted octanol–water partition coefficient (Wildman–Crippen LogP) is 4.88. The molecule has 4 rings (SSSR count). The van der Waals surface area contributed by atoms with Gasteiger partial charge in [-0.2, -0.15) is 0 Å². The van der Waals surface area contributed by atoms with Gasteiger partial charge in [0.2, 0.25) is 0 Å². The zero-order chi connectivity index (χ0) is 19.0. The van der Waals surface area contributed by atoms with Gasteiger partial charge in [0.05, 0.1) is 11.4 Å². The molecule has 0 fully saturated rings. The smallest absolute Gasteiger partial charge is 0.342 e. The van der Waals surface area contributed by atoms with Gasteiger partial charge in [0.25, 0.3) is 5.91 Å². The minimum atomic E-state index is -0.564. The first-order valence-electron chi connectivity index (χ1n) is 8.47. The van der Waals surface area contributed by atoms with Crippen molar-refractivity contribution in [2.75, 3.05) is 11.5 Å². The number of para-hydroxylation sites is 2. The zero-order valence-electron chi connectivity index (χ0n) is 14.9. The van der Waals surface area contributed by atoms with Crippen LogP contribution in [0.5, 0.6) is 0 Å². The van der Waals surface area contributed by atoms with E-state index in [4.69, 9.17) is 9.15 Å². The van der Waals surface area contributed by atoms with E-state index >= 15 is 0 Å². The molecule has 27 heavy (non-hydrogen) atoms. The number of anilines is 2. The third kappa shape index (κ3) is 3.24. The molecule has 6 heteroatoms. The number of carbonyl (C=O) groups is 2. The Bertz CT molecular complexity index is 995. The number of hydrogen-bond donors (Lipinski definition) is 0. The summed E-state index contributed by atoms with van der Waals surface area (Å²) in [5, 5.41) is 0. The minimum Gasteiger partial charge on any atom is -0.466 e. The van der Waals surface area contributed by atoms with E-state index in [2.05, 4.69) is 0 Å². The molecule has 3 aromatic rings. The molecular weight excluding hydrogens is 362 g/mol. The molecule has 0 bridgehead atoms. The number of ether oxygens (including phenoxy) is 1. The maximum atomic E-state index is 13.0. The summed E-state index contributed by atoms with van der Waals surface area (Å²) < 4.78 is 10.6. The summed E-state index contributed by atoms with van der Waals surface area (Å²) in [4.78, 5) is 28.8. The van der Waals surface area contributed by atoms with Crippen molar-refractivity contribution in [2.24, 2.45) is 0 Å². The summed E-state index contributed by atoms with van der Waals surface area (Å²) in [6, 6.07) is 17.0. The van der Waals surface area contributed by atoms with Crippen molar-refractivity contribution < 1.29 is 18.7 Å². The molecule has 1 amide bonds. The van der Waals surface area contributed by atoms with Crippen LogP contribution >= 0.6 is 11.8 Å². The molecule has 2 heterocycles. The van der Waals surface area contributed by atoms with Crippen molar-refractivity contribution >= 4 is 35.0 Å². The second-order valence-electron chi connectivity index (χ2n) is 6.17. The van der Waals surface area contributed by atoms with E-state index < -0.39 is 5.97 Å². The fourth-order valence-corrected chi connectivity index (χ4v) is 4.13. The fraction of sp³-hybridized carbons (Fsp3) is 0.143. The van der Waals surface area contributed by atoms with Crippen LogP contribution in [-0.2, 0) is 9.53 Å². The predicted molar refractivity (Wildman–Crippen MR) is 103 cm³/mol. The molecular formula is C21H17NO4S. The van der Waals surface area contributed by atoms with Crippen LogP contribution in [0.4, 0.5) is 11.4 Å². The van der Waals surface area contributed by atoms with Gasteiger partial charge in [0.15, 0.2) is 6.61 Å². The first-order chi connectivity index (χ1) is 13.0. The number of aryl methyl sites for hydroxylation is 2. The number of carbonyl (C=O) groups excluding carboxylic acids is 2. The first kappa shape index (κ1) is 17.4. The van der Waals surface area contributed by atoms with Crippen LogP contribution < -0.4 is 4.90 Å². The standard InChI is InChI=1S/C21H17NO4S/c1-13-11-15(14(2)26-13)21(24)25-12-20(23)22-16-7-3-5-9-18(16)27-19-10-6-4-8-17(19)22/h3-11H,12H2,1-2H3. The second-order valence-corrected chi connectivity index (χ2v) is 7.25. The van der Waals surface area contributed by atoms with Crippen LogP contribution in [0.1, 0.15) is 21.9 Å². The molecule has 136 valence electrons. The molecule has 5 nitrogen and oxygen atoms in total. The van der Waals surface area contributed by atoms with Gasteiger partial charge < -0.3 is 9.15 Å². The van der Waals surface area contributed by atoms with E-state index in [1.54, 1.807) is 36.6 Å². The third-order valence-corrected chi connectivity index (χ3v) is 5.40. The number of furan rings is 1. The fourth-order valence-electron chi connectivity index (χ4n) is 3.08. The maximum Gasteiger partial charge on any atom is 0.342 e. The van der Waals surface area contributed by atoms with Crippen molar-refractivity contribution in [1.29, 1.82) is 0 Å². The van der Waals surface area contributed by atoms with Gasteiger partial charge in [0, 0.05) is 9.79 Å². The molecule has 0 N–H and O–H groups in total. The van der Waals surface area contributed by atoms with Gasteiger partial charge in [0.1, 0.15) is 17.1 Å². The number of nitrogens with zero attached hydrogens (tertiary/aromatic N) is 1. The molecule has 1 aliphatic rings. The average Bonchev–Trinajstić information content (AvgIpc) is 3.02. The molecule has 1 aliphatic heterocycles. The highest BCUT2D eigenvalue weighted by Crippen LogP contribution is 2.47. The summed E-state index contributed by atoms with van der Waals surface area (Å²) in [5.41, 5.74) is 1.92. The molecule has 1 aromatic heterocycles. The molecule has 0 aliphatic carbocycles. The average molecular weight is 379 g/mol. The summed E-state index contributed by atoms with van der Waals surface area (Å²) in [7, 11) is 0.